The number of pyridine rings is 1. The molecule has 2 aliphatic heterocycles. The lowest BCUT2D eigenvalue weighted by molar-refractivity contribution is -0.116. The number of nitrogens with one attached hydrogen (secondary N) is 1. The van der Waals surface area contributed by atoms with E-state index < -0.39 is 6.17 Å². The zero-order chi connectivity index (χ0) is 17.2. The molecular formula is C18H15N5OS. The average Bonchev–Trinajstić information content (AvgIpc) is 2.66. The Hall–Kier alpha value is -2.93. The predicted molar refractivity (Wildman–Crippen MR) is 97.7 cm³/mol. The number of carbonyl (C=O) groups excluding carboxylic acids is 1. The number of para-hydroxylation sites is 1. The summed E-state index contributed by atoms with van der Waals surface area (Å²) >= 11 is 1.42. The fourth-order valence-corrected chi connectivity index (χ4v) is 3.36. The Labute approximate surface area is 148 Å². The average molecular weight is 349 g/mol. The van der Waals surface area contributed by atoms with E-state index in [1.807, 2.05) is 36.4 Å². The molecule has 1 atom stereocenters. The predicted octanol–water partition coefficient (Wildman–Crippen LogP) is 1.14. The van der Waals surface area contributed by atoms with Crippen molar-refractivity contribution in [3.63, 3.8) is 0 Å². The van der Waals surface area contributed by atoms with Crippen LogP contribution in [-0.2, 0) is 4.79 Å². The number of benzene rings is 1. The third-order valence-electron chi connectivity index (χ3n) is 3.84. The fraction of sp³-hybridized carbons (Fsp3) is 0.111. The first-order valence-corrected chi connectivity index (χ1v) is 8.76. The highest BCUT2D eigenvalue weighted by atomic mass is 32.2. The molecule has 1 N–H and O–H groups in total. The van der Waals surface area contributed by atoms with Crippen LogP contribution in [0.2, 0.25) is 0 Å². The number of aromatic nitrogens is 1. The van der Waals surface area contributed by atoms with Gasteiger partial charge in [0.25, 0.3) is 5.91 Å². The van der Waals surface area contributed by atoms with E-state index in [0.29, 0.717) is 16.6 Å². The van der Waals surface area contributed by atoms with Crippen molar-refractivity contribution in [2.45, 2.75) is 6.17 Å². The smallest absolute Gasteiger partial charge is 0.276 e. The van der Waals surface area contributed by atoms with Gasteiger partial charge in [-0.25, -0.2) is 5.01 Å². The zero-order valence-electron chi connectivity index (χ0n) is 13.3. The molecule has 0 aliphatic carbocycles. The van der Waals surface area contributed by atoms with Gasteiger partial charge >= 0.3 is 0 Å². The van der Waals surface area contributed by atoms with E-state index in [1.54, 1.807) is 23.5 Å². The lowest BCUT2D eigenvalue weighted by Crippen LogP contribution is -2.50. The molecule has 124 valence electrons. The van der Waals surface area contributed by atoms with Crippen molar-refractivity contribution in [2.24, 2.45) is 10.1 Å². The largest absolute Gasteiger partial charge is 0.298 e. The number of thioether (sulfide) groups is 1. The lowest BCUT2D eigenvalue weighted by atomic mass is 10.1. The Morgan fingerprint density at radius 1 is 1.28 bits per heavy atom. The molecule has 0 saturated carbocycles. The van der Waals surface area contributed by atoms with Gasteiger partial charge in [0.15, 0.2) is 11.3 Å². The van der Waals surface area contributed by atoms with Crippen molar-refractivity contribution < 1.29 is 4.79 Å². The van der Waals surface area contributed by atoms with Gasteiger partial charge in [0.2, 0.25) is 0 Å². The molecule has 0 saturated heterocycles. The first-order chi connectivity index (χ1) is 12.3. The summed E-state index contributed by atoms with van der Waals surface area (Å²) in [5, 5.41) is 11.2. The number of hydrazone groups is 1. The van der Waals surface area contributed by atoms with Crippen molar-refractivity contribution in [2.75, 3.05) is 5.75 Å². The number of amides is 1. The summed E-state index contributed by atoms with van der Waals surface area (Å²) in [7, 11) is 0. The highest BCUT2D eigenvalue weighted by molar-refractivity contribution is 8.14. The maximum atomic E-state index is 12.8. The summed E-state index contributed by atoms with van der Waals surface area (Å²) in [6.45, 7) is 3.70. The van der Waals surface area contributed by atoms with Crippen molar-refractivity contribution in [1.29, 1.82) is 0 Å². The summed E-state index contributed by atoms with van der Waals surface area (Å²) in [6, 6.07) is 11.4. The highest BCUT2D eigenvalue weighted by Crippen LogP contribution is 2.30. The van der Waals surface area contributed by atoms with E-state index in [4.69, 9.17) is 4.99 Å². The summed E-state index contributed by atoms with van der Waals surface area (Å²) in [5.74, 6) is 0.478. The summed E-state index contributed by atoms with van der Waals surface area (Å²) in [4.78, 5) is 21.8. The lowest BCUT2D eigenvalue weighted by Gasteiger charge is -2.33. The van der Waals surface area contributed by atoms with E-state index in [1.165, 1.54) is 11.8 Å². The minimum Gasteiger partial charge on any atom is -0.298 e. The summed E-state index contributed by atoms with van der Waals surface area (Å²) in [5.41, 5.74) is 1.38. The Balaban J connectivity index is 1.91. The van der Waals surface area contributed by atoms with Crippen LogP contribution in [0.5, 0.6) is 0 Å². The topological polar surface area (TPSA) is 70.0 Å². The Morgan fingerprint density at radius 3 is 2.96 bits per heavy atom. The molecule has 2 aliphatic rings. The summed E-state index contributed by atoms with van der Waals surface area (Å²) in [6.07, 6.45) is 4.80. The van der Waals surface area contributed by atoms with Gasteiger partial charge < -0.3 is 0 Å². The molecule has 1 amide bonds. The van der Waals surface area contributed by atoms with Crippen molar-refractivity contribution in [1.82, 2.24) is 15.3 Å². The molecule has 0 radical (unpaired) electrons. The van der Waals surface area contributed by atoms with Crippen LogP contribution in [0.25, 0.3) is 5.70 Å². The van der Waals surface area contributed by atoms with Gasteiger partial charge in [-0.1, -0.05) is 42.1 Å². The second-order valence-electron chi connectivity index (χ2n) is 5.46. The minimum absolute atomic E-state index is 0.183. The molecule has 7 heteroatoms. The molecule has 2 aromatic rings. The standard InChI is InChI=1S/C18H15N5OS/c1-2-10-25-18-21-17(24)15-13-7-3-4-8-14(13)20-16(23(15)22-18)12-6-5-9-19-11-12/h2-9,11,16H,1,10H2,(H,21,22,24)/t16-/m0/s1. The molecule has 0 spiro atoms. The number of hydrogen-bond donors (Lipinski definition) is 1. The number of fused-ring (bicyclic) bond motifs is 2. The molecular weight excluding hydrogens is 334 g/mol. The monoisotopic (exact) mass is 349 g/mol. The molecule has 0 bridgehead atoms. The van der Waals surface area contributed by atoms with Gasteiger partial charge in [-0.05, 0) is 12.1 Å². The highest BCUT2D eigenvalue weighted by Gasteiger charge is 2.34. The number of nitrogens with zero attached hydrogens (tertiary/aromatic N) is 4. The van der Waals surface area contributed by atoms with E-state index in [9.17, 15) is 4.79 Å². The van der Waals surface area contributed by atoms with Gasteiger partial charge in [0.1, 0.15) is 5.70 Å². The number of carbonyl (C=O) groups is 1. The first kappa shape index (κ1) is 15.6. The van der Waals surface area contributed by atoms with E-state index in [0.717, 1.165) is 16.1 Å². The third-order valence-corrected chi connectivity index (χ3v) is 4.70. The van der Waals surface area contributed by atoms with Crippen LogP contribution in [0.4, 0.5) is 0 Å². The number of hydrogen-bond acceptors (Lipinski definition) is 6. The van der Waals surface area contributed by atoms with Crippen molar-refractivity contribution in [3.05, 3.63) is 77.6 Å². The van der Waals surface area contributed by atoms with Crippen LogP contribution in [0.15, 0.2) is 71.5 Å². The maximum Gasteiger partial charge on any atom is 0.276 e. The van der Waals surface area contributed by atoms with Gasteiger partial charge in [0, 0.05) is 28.9 Å². The molecule has 1 aromatic carbocycles. The maximum absolute atomic E-state index is 12.8. The van der Waals surface area contributed by atoms with E-state index in [-0.39, 0.29) is 5.91 Å². The molecule has 0 unspecified atom stereocenters. The van der Waals surface area contributed by atoms with Crippen LogP contribution in [-0.4, -0.2) is 26.8 Å². The number of rotatable bonds is 3. The van der Waals surface area contributed by atoms with Gasteiger partial charge in [0.05, 0.1) is 5.36 Å². The second-order valence-corrected chi connectivity index (χ2v) is 6.47. The summed E-state index contributed by atoms with van der Waals surface area (Å²) < 4.78 is 0. The first-order valence-electron chi connectivity index (χ1n) is 7.78. The fourth-order valence-electron chi connectivity index (χ4n) is 2.78. The zero-order valence-corrected chi connectivity index (χ0v) is 14.1. The molecule has 0 fully saturated rings. The molecule has 1 aromatic heterocycles. The van der Waals surface area contributed by atoms with E-state index >= 15 is 0 Å². The SMILES string of the molecule is C=CCSC1=NN2C(=c3ccccc3=N[C@@H]2c2cccnc2)C(=O)N1. The number of amidine groups is 1. The Morgan fingerprint density at radius 2 is 2.16 bits per heavy atom. The van der Waals surface area contributed by atoms with Crippen LogP contribution in [0.1, 0.15) is 11.7 Å². The van der Waals surface area contributed by atoms with Gasteiger partial charge in [-0.3, -0.25) is 20.1 Å². The third kappa shape index (κ3) is 2.83. The normalized spacial score (nSPS) is 18.5. The van der Waals surface area contributed by atoms with Crippen LogP contribution in [0.3, 0.4) is 0 Å². The van der Waals surface area contributed by atoms with Gasteiger partial charge in [-0.2, -0.15) is 0 Å². The van der Waals surface area contributed by atoms with E-state index in [2.05, 4.69) is 22.0 Å². The Kier molecular flexibility index (Phi) is 4.07. The Bertz CT molecular complexity index is 986. The van der Waals surface area contributed by atoms with Crippen LogP contribution in [0, 0.1) is 0 Å². The van der Waals surface area contributed by atoms with Crippen molar-refractivity contribution in [3.8, 4) is 0 Å². The van der Waals surface area contributed by atoms with Crippen molar-refractivity contribution >= 4 is 28.5 Å². The molecule has 6 nitrogen and oxygen atoms in total. The molecule has 25 heavy (non-hydrogen) atoms. The minimum atomic E-state index is -0.427. The van der Waals surface area contributed by atoms with Gasteiger partial charge in [-0.15, -0.1) is 11.7 Å². The van der Waals surface area contributed by atoms with Crippen LogP contribution >= 0.6 is 11.8 Å². The quantitative estimate of drug-likeness (QED) is 0.844. The molecule has 4 rings (SSSR count). The molecule has 3 heterocycles. The van der Waals surface area contributed by atoms with Crippen LogP contribution < -0.4 is 15.9 Å². The second kappa shape index (κ2) is 6.52.